The quantitative estimate of drug-likeness (QED) is 0.721. The summed E-state index contributed by atoms with van der Waals surface area (Å²) in [4.78, 5) is 4.39. The van der Waals surface area contributed by atoms with Gasteiger partial charge < -0.3 is 14.0 Å². The van der Waals surface area contributed by atoms with Crippen molar-refractivity contribution in [3.05, 3.63) is 41.3 Å². The van der Waals surface area contributed by atoms with Gasteiger partial charge in [0, 0.05) is 5.92 Å². The first-order valence-corrected chi connectivity index (χ1v) is 8.17. The molecule has 0 spiro atoms. The predicted molar refractivity (Wildman–Crippen MR) is 87.9 cm³/mol. The van der Waals surface area contributed by atoms with Crippen molar-refractivity contribution in [1.29, 1.82) is 0 Å². The molecule has 0 fully saturated rings. The lowest BCUT2D eigenvalue weighted by Gasteiger charge is -2.24. The van der Waals surface area contributed by atoms with E-state index < -0.39 is 0 Å². The maximum Gasteiger partial charge on any atom is 0.280 e. The Morgan fingerprint density at radius 3 is 2.72 bits per heavy atom. The first-order valence-electron chi connectivity index (χ1n) is 8.17. The van der Waals surface area contributed by atoms with E-state index >= 15 is 0 Å². The minimum absolute atomic E-state index is 0.0816. The minimum Gasteiger partial charge on any atom is -0.497 e. The van der Waals surface area contributed by atoms with Gasteiger partial charge in [-0.25, -0.2) is 4.68 Å². The van der Waals surface area contributed by atoms with E-state index in [-0.39, 0.29) is 12.0 Å². The number of rotatable bonds is 4. The number of fused-ring (bicyclic) bond motifs is 1. The average molecular weight is 341 g/mol. The van der Waals surface area contributed by atoms with Crippen LogP contribution in [0, 0.1) is 0 Å². The molecule has 8 nitrogen and oxygen atoms in total. The number of ether oxygens (including phenoxy) is 2. The number of hydrogen-bond donors (Lipinski definition) is 0. The van der Waals surface area contributed by atoms with Gasteiger partial charge in [0.05, 0.1) is 26.0 Å². The van der Waals surface area contributed by atoms with E-state index in [0.29, 0.717) is 30.6 Å². The SMILES string of the molecule is COc1ccc([C@@H]2Cn3nnc(-c4nc(C(C)C)no4)c3CO2)cc1. The molecule has 0 saturated heterocycles. The summed E-state index contributed by atoms with van der Waals surface area (Å²) in [5.41, 5.74) is 2.51. The van der Waals surface area contributed by atoms with Crippen LogP contribution in [-0.2, 0) is 17.9 Å². The van der Waals surface area contributed by atoms with Crippen LogP contribution >= 0.6 is 0 Å². The van der Waals surface area contributed by atoms with Gasteiger partial charge in [-0.2, -0.15) is 4.98 Å². The molecule has 2 aromatic heterocycles. The standard InChI is InChI=1S/C17H19N5O3/c1-10(2)16-18-17(25-20-16)15-13-9-24-14(8-22(13)21-19-15)11-4-6-12(23-3)7-5-11/h4-7,10,14H,8-9H2,1-3H3/t14-/m0/s1. The van der Waals surface area contributed by atoms with E-state index in [1.807, 2.05) is 42.8 Å². The fourth-order valence-electron chi connectivity index (χ4n) is 2.76. The Hall–Kier alpha value is -2.74. The van der Waals surface area contributed by atoms with Crippen LogP contribution in [0.4, 0.5) is 0 Å². The van der Waals surface area contributed by atoms with Gasteiger partial charge in [-0.05, 0) is 17.7 Å². The summed E-state index contributed by atoms with van der Waals surface area (Å²) < 4.78 is 18.4. The van der Waals surface area contributed by atoms with Crippen LogP contribution in [0.1, 0.15) is 43.0 Å². The highest BCUT2D eigenvalue weighted by Gasteiger charge is 2.28. The zero-order chi connectivity index (χ0) is 17.4. The Kier molecular flexibility index (Phi) is 3.96. The third-order valence-electron chi connectivity index (χ3n) is 4.25. The Morgan fingerprint density at radius 2 is 2.04 bits per heavy atom. The molecule has 0 unspecified atom stereocenters. The molecule has 0 bridgehead atoms. The first-order chi connectivity index (χ1) is 12.2. The Bertz CT molecular complexity index is 869. The molecule has 1 aromatic carbocycles. The van der Waals surface area contributed by atoms with Gasteiger partial charge >= 0.3 is 0 Å². The van der Waals surface area contributed by atoms with Crippen molar-refractivity contribution in [2.75, 3.05) is 7.11 Å². The van der Waals surface area contributed by atoms with Gasteiger partial charge in [-0.15, -0.1) is 5.10 Å². The van der Waals surface area contributed by atoms with Gasteiger partial charge in [0.1, 0.15) is 11.9 Å². The van der Waals surface area contributed by atoms with E-state index in [1.54, 1.807) is 7.11 Å². The summed E-state index contributed by atoms with van der Waals surface area (Å²) in [6.07, 6.45) is -0.0816. The van der Waals surface area contributed by atoms with Crippen LogP contribution in [0.5, 0.6) is 5.75 Å². The largest absolute Gasteiger partial charge is 0.497 e. The maximum absolute atomic E-state index is 6.01. The summed E-state index contributed by atoms with van der Waals surface area (Å²) in [5.74, 6) is 2.06. The predicted octanol–water partition coefficient (Wildman–Crippen LogP) is 2.73. The van der Waals surface area contributed by atoms with Crippen LogP contribution in [0.25, 0.3) is 11.6 Å². The summed E-state index contributed by atoms with van der Waals surface area (Å²) in [6.45, 7) is 4.99. The van der Waals surface area contributed by atoms with Crippen LogP contribution < -0.4 is 4.74 Å². The highest BCUT2D eigenvalue weighted by atomic mass is 16.5. The highest BCUT2D eigenvalue weighted by molar-refractivity contribution is 5.49. The van der Waals surface area contributed by atoms with Crippen molar-refractivity contribution in [2.24, 2.45) is 0 Å². The van der Waals surface area contributed by atoms with E-state index in [2.05, 4.69) is 20.5 Å². The molecule has 3 aromatic rings. The molecule has 0 saturated carbocycles. The van der Waals surface area contributed by atoms with Crippen LogP contribution in [0.3, 0.4) is 0 Å². The third kappa shape index (κ3) is 2.89. The van der Waals surface area contributed by atoms with E-state index in [4.69, 9.17) is 14.0 Å². The third-order valence-corrected chi connectivity index (χ3v) is 4.25. The van der Waals surface area contributed by atoms with Gasteiger partial charge in [0.2, 0.25) is 0 Å². The van der Waals surface area contributed by atoms with Crippen molar-refractivity contribution in [3.63, 3.8) is 0 Å². The van der Waals surface area contributed by atoms with Crippen molar-refractivity contribution in [3.8, 4) is 17.3 Å². The number of benzene rings is 1. The molecule has 130 valence electrons. The number of methoxy groups -OCH3 is 1. The molecule has 0 radical (unpaired) electrons. The Morgan fingerprint density at radius 1 is 1.24 bits per heavy atom. The summed E-state index contributed by atoms with van der Waals surface area (Å²) in [7, 11) is 1.65. The van der Waals surface area contributed by atoms with E-state index in [9.17, 15) is 0 Å². The highest BCUT2D eigenvalue weighted by Crippen LogP contribution is 2.31. The van der Waals surface area contributed by atoms with Crippen molar-refractivity contribution in [2.45, 2.75) is 39.0 Å². The van der Waals surface area contributed by atoms with Crippen LogP contribution in [0.2, 0.25) is 0 Å². The molecule has 0 aliphatic carbocycles. The van der Waals surface area contributed by atoms with Crippen molar-refractivity contribution >= 4 is 0 Å². The molecular formula is C17H19N5O3. The van der Waals surface area contributed by atoms with Gasteiger partial charge in [-0.3, -0.25) is 0 Å². The number of aromatic nitrogens is 5. The molecular weight excluding hydrogens is 322 g/mol. The van der Waals surface area contributed by atoms with Crippen molar-refractivity contribution in [1.82, 2.24) is 25.1 Å². The Labute approximate surface area is 144 Å². The van der Waals surface area contributed by atoms with E-state index in [1.165, 1.54) is 0 Å². The molecule has 0 N–H and O–H groups in total. The average Bonchev–Trinajstić information content (AvgIpc) is 3.28. The maximum atomic E-state index is 6.01. The number of hydrogen-bond acceptors (Lipinski definition) is 7. The zero-order valence-electron chi connectivity index (χ0n) is 14.3. The summed E-state index contributed by atoms with van der Waals surface area (Å²) in [6, 6.07) is 7.85. The van der Waals surface area contributed by atoms with Gasteiger partial charge in [0.25, 0.3) is 5.89 Å². The number of nitrogens with zero attached hydrogens (tertiary/aromatic N) is 5. The second-order valence-electron chi connectivity index (χ2n) is 6.25. The molecule has 1 aliphatic heterocycles. The molecule has 3 heterocycles. The lowest BCUT2D eigenvalue weighted by Crippen LogP contribution is -2.22. The van der Waals surface area contributed by atoms with Gasteiger partial charge in [0.15, 0.2) is 11.5 Å². The molecule has 25 heavy (non-hydrogen) atoms. The second-order valence-corrected chi connectivity index (χ2v) is 6.25. The molecule has 4 rings (SSSR count). The van der Waals surface area contributed by atoms with Gasteiger partial charge in [-0.1, -0.05) is 36.4 Å². The minimum atomic E-state index is -0.0816. The molecule has 8 heteroatoms. The lowest BCUT2D eigenvalue weighted by atomic mass is 10.1. The summed E-state index contributed by atoms with van der Waals surface area (Å²) in [5, 5.41) is 12.4. The van der Waals surface area contributed by atoms with Crippen molar-refractivity contribution < 1.29 is 14.0 Å². The smallest absolute Gasteiger partial charge is 0.280 e. The molecule has 1 aliphatic rings. The van der Waals surface area contributed by atoms with Crippen LogP contribution in [-0.4, -0.2) is 32.2 Å². The Balaban J connectivity index is 1.57. The second kappa shape index (κ2) is 6.29. The lowest BCUT2D eigenvalue weighted by molar-refractivity contribution is -0.00119. The fraction of sp³-hybridized carbons (Fsp3) is 0.412. The first kappa shape index (κ1) is 15.8. The van der Waals surface area contributed by atoms with Crippen LogP contribution in [0.15, 0.2) is 28.8 Å². The molecule has 1 atom stereocenters. The zero-order valence-corrected chi connectivity index (χ0v) is 14.3. The monoisotopic (exact) mass is 341 g/mol. The topological polar surface area (TPSA) is 88.1 Å². The molecule has 0 amide bonds. The normalized spacial score (nSPS) is 16.9. The fourth-order valence-corrected chi connectivity index (χ4v) is 2.76. The summed E-state index contributed by atoms with van der Waals surface area (Å²) >= 11 is 0. The van der Waals surface area contributed by atoms with E-state index in [0.717, 1.165) is 17.0 Å².